The summed E-state index contributed by atoms with van der Waals surface area (Å²) in [4.78, 5) is 10.4. The van der Waals surface area contributed by atoms with Gasteiger partial charge < -0.3 is 15.5 Å². The Morgan fingerprint density at radius 1 is 1.28 bits per heavy atom. The zero-order valence-electron chi connectivity index (χ0n) is 10.7. The number of aliphatic hydroxyl groups excluding tert-OH is 1. The monoisotopic (exact) mass is 251 g/mol. The molecule has 100 valence electrons. The van der Waals surface area contributed by atoms with E-state index in [4.69, 9.17) is 5.11 Å². The first-order chi connectivity index (χ1) is 8.61. The fourth-order valence-corrected chi connectivity index (χ4v) is 1.77. The first-order valence-corrected chi connectivity index (χ1v) is 6.30. The summed E-state index contributed by atoms with van der Waals surface area (Å²) in [6, 6.07) is 8.32. The number of carboxylic acid groups (broad SMARTS) is 1. The van der Waals surface area contributed by atoms with Gasteiger partial charge in [0.2, 0.25) is 0 Å². The standard InChI is InChI=1S/C14H21NO3/c1-2-3-11-4-6-12(7-5-11)9-15-10-13(16)8-14(17)18/h4-7,13,15-16H,2-3,8-10H2,1H3,(H,17,18). The topological polar surface area (TPSA) is 69.6 Å². The van der Waals surface area contributed by atoms with Crippen molar-refractivity contribution >= 4 is 5.97 Å². The normalized spacial score (nSPS) is 12.3. The number of rotatable bonds is 8. The number of aryl methyl sites for hydroxylation is 1. The zero-order valence-corrected chi connectivity index (χ0v) is 10.7. The second kappa shape index (κ2) is 7.84. The van der Waals surface area contributed by atoms with E-state index in [0.717, 1.165) is 18.4 Å². The SMILES string of the molecule is CCCc1ccc(CNCC(O)CC(=O)O)cc1. The second-order valence-corrected chi connectivity index (χ2v) is 4.45. The Morgan fingerprint density at radius 3 is 2.44 bits per heavy atom. The van der Waals surface area contributed by atoms with E-state index in [1.807, 2.05) is 0 Å². The number of hydrogen-bond donors (Lipinski definition) is 3. The summed E-state index contributed by atoms with van der Waals surface area (Å²) >= 11 is 0. The van der Waals surface area contributed by atoms with Crippen LogP contribution >= 0.6 is 0 Å². The van der Waals surface area contributed by atoms with Crippen molar-refractivity contribution in [1.82, 2.24) is 5.32 Å². The van der Waals surface area contributed by atoms with Crippen LogP contribution in [0.4, 0.5) is 0 Å². The van der Waals surface area contributed by atoms with E-state index in [9.17, 15) is 9.90 Å². The van der Waals surface area contributed by atoms with Crippen molar-refractivity contribution in [3.8, 4) is 0 Å². The van der Waals surface area contributed by atoms with Crippen LogP contribution in [0.15, 0.2) is 24.3 Å². The van der Waals surface area contributed by atoms with Crippen LogP contribution in [0, 0.1) is 0 Å². The molecule has 0 bridgehead atoms. The van der Waals surface area contributed by atoms with Crippen molar-refractivity contribution in [2.24, 2.45) is 0 Å². The van der Waals surface area contributed by atoms with E-state index in [1.165, 1.54) is 5.56 Å². The lowest BCUT2D eigenvalue weighted by molar-refractivity contribution is -0.139. The minimum Gasteiger partial charge on any atom is -0.481 e. The fraction of sp³-hybridized carbons (Fsp3) is 0.500. The van der Waals surface area contributed by atoms with Gasteiger partial charge >= 0.3 is 5.97 Å². The molecule has 0 amide bonds. The van der Waals surface area contributed by atoms with Gasteiger partial charge in [-0.1, -0.05) is 37.6 Å². The lowest BCUT2D eigenvalue weighted by Gasteiger charge is -2.10. The van der Waals surface area contributed by atoms with E-state index < -0.39 is 12.1 Å². The fourth-order valence-electron chi connectivity index (χ4n) is 1.77. The highest BCUT2D eigenvalue weighted by molar-refractivity contribution is 5.67. The highest BCUT2D eigenvalue weighted by Gasteiger charge is 2.08. The van der Waals surface area contributed by atoms with Gasteiger partial charge in [-0.15, -0.1) is 0 Å². The van der Waals surface area contributed by atoms with Crippen molar-refractivity contribution < 1.29 is 15.0 Å². The lowest BCUT2D eigenvalue weighted by Crippen LogP contribution is -2.28. The Labute approximate surface area is 108 Å². The molecule has 4 heteroatoms. The number of carboxylic acids is 1. The van der Waals surface area contributed by atoms with Crippen molar-refractivity contribution in [3.63, 3.8) is 0 Å². The predicted octanol–water partition coefficient (Wildman–Crippen LogP) is 1.56. The molecule has 1 aromatic carbocycles. The van der Waals surface area contributed by atoms with Gasteiger partial charge in [0.05, 0.1) is 12.5 Å². The lowest BCUT2D eigenvalue weighted by atomic mass is 10.1. The van der Waals surface area contributed by atoms with E-state index in [1.54, 1.807) is 0 Å². The molecule has 1 rings (SSSR count). The van der Waals surface area contributed by atoms with E-state index in [2.05, 4.69) is 36.5 Å². The Morgan fingerprint density at radius 2 is 1.89 bits per heavy atom. The molecule has 0 radical (unpaired) electrons. The third kappa shape index (κ3) is 5.80. The molecule has 1 atom stereocenters. The minimum absolute atomic E-state index is 0.220. The van der Waals surface area contributed by atoms with Crippen molar-refractivity contribution in [2.75, 3.05) is 6.54 Å². The molecule has 0 aromatic heterocycles. The predicted molar refractivity (Wildman–Crippen MR) is 70.4 cm³/mol. The van der Waals surface area contributed by atoms with Crippen LogP contribution in [0.25, 0.3) is 0 Å². The first kappa shape index (κ1) is 14.7. The molecule has 1 aromatic rings. The van der Waals surface area contributed by atoms with E-state index >= 15 is 0 Å². The number of hydrogen-bond acceptors (Lipinski definition) is 3. The molecule has 3 N–H and O–H groups in total. The number of carbonyl (C=O) groups is 1. The Bertz CT molecular complexity index is 362. The maximum atomic E-state index is 10.4. The van der Waals surface area contributed by atoms with Crippen LogP contribution in [0.5, 0.6) is 0 Å². The smallest absolute Gasteiger partial charge is 0.306 e. The second-order valence-electron chi connectivity index (χ2n) is 4.45. The quantitative estimate of drug-likeness (QED) is 0.656. The first-order valence-electron chi connectivity index (χ1n) is 6.30. The minimum atomic E-state index is -0.979. The number of nitrogens with one attached hydrogen (secondary N) is 1. The van der Waals surface area contributed by atoms with Crippen LogP contribution in [-0.2, 0) is 17.8 Å². The number of aliphatic hydroxyl groups is 1. The Hall–Kier alpha value is -1.39. The van der Waals surface area contributed by atoms with Crippen LogP contribution in [0.1, 0.15) is 30.9 Å². The van der Waals surface area contributed by atoms with Gasteiger partial charge in [0.1, 0.15) is 0 Å². The zero-order chi connectivity index (χ0) is 13.4. The van der Waals surface area contributed by atoms with Gasteiger partial charge in [0.15, 0.2) is 0 Å². The van der Waals surface area contributed by atoms with Gasteiger partial charge in [-0.05, 0) is 17.5 Å². The van der Waals surface area contributed by atoms with Crippen LogP contribution in [-0.4, -0.2) is 28.8 Å². The summed E-state index contributed by atoms with van der Waals surface area (Å²) in [5.74, 6) is -0.979. The van der Waals surface area contributed by atoms with Crippen LogP contribution < -0.4 is 5.32 Å². The summed E-state index contributed by atoms with van der Waals surface area (Å²) in [5.41, 5.74) is 2.46. The number of aliphatic carboxylic acids is 1. The molecule has 0 fully saturated rings. The molecular formula is C14H21NO3. The average molecular weight is 251 g/mol. The van der Waals surface area contributed by atoms with E-state index in [-0.39, 0.29) is 6.42 Å². The summed E-state index contributed by atoms with van der Waals surface area (Å²) in [7, 11) is 0. The Balaban J connectivity index is 2.28. The van der Waals surface area contributed by atoms with Gasteiger partial charge in [-0.2, -0.15) is 0 Å². The Kier molecular flexibility index (Phi) is 6.39. The van der Waals surface area contributed by atoms with Crippen LogP contribution in [0.2, 0.25) is 0 Å². The molecule has 0 aliphatic rings. The summed E-state index contributed by atoms with van der Waals surface area (Å²) < 4.78 is 0. The molecule has 0 heterocycles. The molecule has 0 spiro atoms. The average Bonchev–Trinajstić information content (AvgIpc) is 2.31. The molecule has 0 aliphatic carbocycles. The molecule has 0 aliphatic heterocycles. The largest absolute Gasteiger partial charge is 0.481 e. The number of benzene rings is 1. The summed E-state index contributed by atoms with van der Waals surface area (Å²) in [5, 5.41) is 20.9. The maximum Gasteiger partial charge on any atom is 0.306 e. The van der Waals surface area contributed by atoms with Crippen molar-refractivity contribution in [3.05, 3.63) is 35.4 Å². The van der Waals surface area contributed by atoms with Gasteiger partial charge in [-0.25, -0.2) is 0 Å². The molecule has 18 heavy (non-hydrogen) atoms. The molecule has 1 unspecified atom stereocenters. The third-order valence-electron chi connectivity index (χ3n) is 2.68. The highest BCUT2D eigenvalue weighted by atomic mass is 16.4. The molecule has 4 nitrogen and oxygen atoms in total. The van der Waals surface area contributed by atoms with Crippen molar-refractivity contribution in [2.45, 2.75) is 38.8 Å². The molecular weight excluding hydrogens is 230 g/mol. The summed E-state index contributed by atoms with van der Waals surface area (Å²) in [6.45, 7) is 3.09. The third-order valence-corrected chi connectivity index (χ3v) is 2.68. The van der Waals surface area contributed by atoms with E-state index in [0.29, 0.717) is 13.1 Å². The van der Waals surface area contributed by atoms with Crippen LogP contribution in [0.3, 0.4) is 0 Å². The maximum absolute atomic E-state index is 10.4. The van der Waals surface area contributed by atoms with Gasteiger partial charge in [-0.3, -0.25) is 4.79 Å². The summed E-state index contributed by atoms with van der Waals surface area (Å²) in [6.07, 6.45) is 1.17. The van der Waals surface area contributed by atoms with Crippen molar-refractivity contribution in [1.29, 1.82) is 0 Å². The molecule has 0 saturated carbocycles. The highest BCUT2D eigenvalue weighted by Crippen LogP contribution is 2.06. The van der Waals surface area contributed by atoms with Gasteiger partial charge in [0.25, 0.3) is 0 Å². The van der Waals surface area contributed by atoms with Gasteiger partial charge in [0, 0.05) is 13.1 Å². The molecule has 0 saturated heterocycles.